The second kappa shape index (κ2) is 6.44. The molecule has 3 heterocycles. The highest BCUT2D eigenvalue weighted by atomic mass is 16.3. The zero-order valence-corrected chi connectivity index (χ0v) is 13.3. The van der Waals surface area contributed by atoms with Crippen molar-refractivity contribution in [3.8, 4) is 0 Å². The third-order valence-electron chi connectivity index (χ3n) is 5.10. The number of fused-ring (bicyclic) bond motifs is 1. The number of aliphatic hydroxyl groups is 1. The van der Waals surface area contributed by atoms with Crippen molar-refractivity contribution in [3.63, 3.8) is 0 Å². The molecule has 5 nitrogen and oxygen atoms in total. The van der Waals surface area contributed by atoms with Gasteiger partial charge in [-0.2, -0.15) is 5.10 Å². The van der Waals surface area contributed by atoms with Crippen molar-refractivity contribution < 1.29 is 5.11 Å². The lowest BCUT2D eigenvalue weighted by atomic mass is 9.92. The zero-order chi connectivity index (χ0) is 14.8. The van der Waals surface area contributed by atoms with E-state index < -0.39 is 0 Å². The number of hydrogen-bond acceptors (Lipinski definition) is 4. The minimum Gasteiger partial charge on any atom is -0.396 e. The van der Waals surface area contributed by atoms with Gasteiger partial charge in [0.1, 0.15) is 5.82 Å². The van der Waals surface area contributed by atoms with Crippen molar-refractivity contribution in [3.05, 3.63) is 11.6 Å². The van der Waals surface area contributed by atoms with Crippen LogP contribution in [0.3, 0.4) is 0 Å². The van der Waals surface area contributed by atoms with Crippen LogP contribution in [0.4, 0.5) is 0 Å². The van der Waals surface area contributed by atoms with Crippen LogP contribution in [-0.2, 0) is 13.0 Å². The summed E-state index contributed by atoms with van der Waals surface area (Å²) in [7, 11) is 0. The largest absolute Gasteiger partial charge is 0.396 e. The third kappa shape index (κ3) is 3.29. The Hall–Kier alpha value is -0.940. The highest BCUT2D eigenvalue weighted by Gasteiger charge is 2.26. The molecule has 1 aromatic rings. The first-order chi connectivity index (χ1) is 10.2. The molecule has 1 fully saturated rings. The van der Waals surface area contributed by atoms with Crippen molar-refractivity contribution in [2.24, 2.45) is 5.92 Å². The fourth-order valence-electron chi connectivity index (χ4n) is 3.68. The van der Waals surface area contributed by atoms with Crippen molar-refractivity contribution >= 4 is 0 Å². The number of piperidine rings is 1. The van der Waals surface area contributed by atoms with E-state index in [1.807, 2.05) is 4.68 Å². The molecule has 0 bridgehead atoms. The highest BCUT2D eigenvalue weighted by Crippen LogP contribution is 2.27. The summed E-state index contributed by atoms with van der Waals surface area (Å²) in [6, 6.07) is 0.661. The summed E-state index contributed by atoms with van der Waals surface area (Å²) in [5, 5.41) is 14.1. The Kier molecular flexibility index (Phi) is 4.60. The van der Waals surface area contributed by atoms with E-state index in [9.17, 15) is 5.11 Å². The molecular formula is C16H28N4O. The fraction of sp³-hybridized carbons (Fsp3) is 0.875. The molecule has 1 unspecified atom stereocenters. The van der Waals surface area contributed by atoms with Gasteiger partial charge < -0.3 is 10.0 Å². The topological polar surface area (TPSA) is 54.2 Å². The molecule has 0 saturated carbocycles. The summed E-state index contributed by atoms with van der Waals surface area (Å²) in [4.78, 5) is 7.29. The monoisotopic (exact) mass is 292 g/mol. The van der Waals surface area contributed by atoms with E-state index in [1.165, 1.54) is 25.9 Å². The summed E-state index contributed by atoms with van der Waals surface area (Å²) >= 11 is 0. The summed E-state index contributed by atoms with van der Waals surface area (Å²) in [6.07, 6.45) is 5.66. The van der Waals surface area contributed by atoms with E-state index in [1.54, 1.807) is 0 Å². The summed E-state index contributed by atoms with van der Waals surface area (Å²) in [5.41, 5.74) is 0. The molecule has 0 amide bonds. The Morgan fingerprint density at radius 1 is 1.19 bits per heavy atom. The van der Waals surface area contributed by atoms with Gasteiger partial charge in [0.2, 0.25) is 0 Å². The molecule has 1 aromatic heterocycles. The predicted octanol–water partition coefficient (Wildman–Crippen LogP) is 1.81. The Balaban J connectivity index is 1.60. The Bertz CT molecular complexity index is 463. The van der Waals surface area contributed by atoms with Crippen molar-refractivity contribution in [2.45, 2.75) is 64.5 Å². The lowest BCUT2D eigenvalue weighted by Gasteiger charge is -2.34. The molecule has 1 atom stereocenters. The van der Waals surface area contributed by atoms with E-state index in [0.717, 1.165) is 43.4 Å². The second-order valence-electron chi connectivity index (χ2n) is 6.91. The van der Waals surface area contributed by atoms with E-state index in [0.29, 0.717) is 6.04 Å². The zero-order valence-electron chi connectivity index (χ0n) is 13.3. The number of hydrogen-bond donors (Lipinski definition) is 1. The minimum absolute atomic E-state index is 0.197. The number of rotatable bonds is 4. The first kappa shape index (κ1) is 15.0. The molecule has 0 spiro atoms. The first-order valence-electron chi connectivity index (χ1n) is 8.46. The number of likely N-dealkylation sites (tertiary alicyclic amines) is 1. The van der Waals surface area contributed by atoms with Crippen LogP contribution in [0.15, 0.2) is 0 Å². The maximum Gasteiger partial charge on any atom is 0.151 e. The quantitative estimate of drug-likeness (QED) is 0.919. The lowest BCUT2D eigenvalue weighted by Crippen LogP contribution is -2.38. The fourth-order valence-corrected chi connectivity index (χ4v) is 3.68. The van der Waals surface area contributed by atoms with Crippen molar-refractivity contribution in [2.75, 3.05) is 19.7 Å². The van der Waals surface area contributed by atoms with E-state index >= 15 is 0 Å². The van der Waals surface area contributed by atoms with Crippen molar-refractivity contribution in [1.29, 1.82) is 0 Å². The summed E-state index contributed by atoms with van der Waals surface area (Å²) in [6.45, 7) is 8.13. The number of nitrogens with zero attached hydrogens (tertiary/aromatic N) is 4. The first-order valence-corrected chi connectivity index (χ1v) is 8.46. The molecule has 0 aromatic carbocycles. The van der Waals surface area contributed by atoms with E-state index in [2.05, 4.69) is 23.8 Å². The van der Waals surface area contributed by atoms with Crippen LogP contribution in [0.5, 0.6) is 0 Å². The van der Waals surface area contributed by atoms with Gasteiger partial charge in [0, 0.05) is 24.9 Å². The summed E-state index contributed by atoms with van der Waals surface area (Å²) < 4.78 is 2.03. The number of aliphatic hydroxyl groups excluding tert-OH is 1. The Labute approximate surface area is 127 Å². The SMILES string of the molecule is CC(C)N1CCC(Cc2nc3n(n2)CCCC3CO)CC1. The molecule has 1 N–H and O–H groups in total. The van der Waals surface area contributed by atoms with Gasteiger partial charge in [-0.15, -0.1) is 0 Å². The van der Waals surface area contributed by atoms with Crippen LogP contribution in [0.1, 0.15) is 57.1 Å². The summed E-state index contributed by atoms with van der Waals surface area (Å²) in [5.74, 6) is 2.92. The van der Waals surface area contributed by atoms with Gasteiger partial charge in [0.15, 0.2) is 5.82 Å². The van der Waals surface area contributed by atoms with Gasteiger partial charge >= 0.3 is 0 Å². The van der Waals surface area contributed by atoms with Gasteiger partial charge in [-0.3, -0.25) is 0 Å². The van der Waals surface area contributed by atoms with Crippen LogP contribution >= 0.6 is 0 Å². The van der Waals surface area contributed by atoms with Gasteiger partial charge in [-0.1, -0.05) is 0 Å². The van der Waals surface area contributed by atoms with Gasteiger partial charge in [0.05, 0.1) is 6.61 Å². The molecule has 3 rings (SSSR count). The molecule has 5 heteroatoms. The molecule has 21 heavy (non-hydrogen) atoms. The molecule has 2 aliphatic rings. The number of aromatic nitrogens is 3. The van der Waals surface area contributed by atoms with Crippen LogP contribution in [0.2, 0.25) is 0 Å². The molecule has 2 aliphatic heterocycles. The van der Waals surface area contributed by atoms with Crippen molar-refractivity contribution in [1.82, 2.24) is 19.7 Å². The number of aryl methyl sites for hydroxylation is 1. The molecular weight excluding hydrogens is 264 g/mol. The predicted molar refractivity (Wildman–Crippen MR) is 82.2 cm³/mol. The van der Waals surface area contributed by atoms with Gasteiger partial charge in [0.25, 0.3) is 0 Å². The molecule has 0 aliphatic carbocycles. The van der Waals surface area contributed by atoms with Gasteiger partial charge in [-0.25, -0.2) is 9.67 Å². The molecule has 1 saturated heterocycles. The second-order valence-corrected chi connectivity index (χ2v) is 6.91. The highest BCUT2D eigenvalue weighted by molar-refractivity contribution is 5.04. The van der Waals surface area contributed by atoms with Crippen LogP contribution in [-0.4, -0.2) is 50.5 Å². The smallest absolute Gasteiger partial charge is 0.151 e. The molecule has 0 radical (unpaired) electrons. The standard InChI is InChI=1S/C16H28N4O/c1-12(2)19-8-5-13(6-9-19)10-15-17-16-14(11-21)4-3-7-20(16)18-15/h12-14,21H,3-11H2,1-2H3. The van der Waals surface area contributed by atoms with Gasteiger partial charge in [-0.05, 0) is 58.5 Å². The van der Waals surface area contributed by atoms with E-state index in [-0.39, 0.29) is 12.5 Å². The Morgan fingerprint density at radius 2 is 1.95 bits per heavy atom. The minimum atomic E-state index is 0.197. The van der Waals surface area contributed by atoms with E-state index in [4.69, 9.17) is 4.98 Å². The van der Waals surface area contributed by atoms with Crippen LogP contribution in [0, 0.1) is 5.92 Å². The molecule has 118 valence electrons. The average molecular weight is 292 g/mol. The Morgan fingerprint density at radius 3 is 2.62 bits per heavy atom. The normalized spacial score (nSPS) is 24.5. The van der Waals surface area contributed by atoms with Crippen LogP contribution in [0.25, 0.3) is 0 Å². The third-order valence-corrected chi connectivity index (χ3v) is 5.10. The average Bonchev–Trinajstić information content (AvgIpc) is 2.90. The van der Waals surface area contributed by atoms with Crippen LogP contribution < -0.4 is 0 Å². The lowest BCUT2D eigenvalue weighted by molar-refractivity contribution is 0.148. The maximum atomic E-state index is 9.46. The maximum absolute atomic E-state index is 9.46.